The van der Waals surface area contributed by atoms with Crippen LogP contribution in [0.25, 0.3) is 0 Å². The topological polar surface area (TPSA) is 113 Å². The number of benzene rings is 2. The Morgan fingerprint density at radius 2 is 1.71 bits per heavy atom. The zero-order chi connectivity index (χ0) is 24.5. The Morgan fingerprint density at radius 3 is 2.43 bits per heavy atom. The Morgan fingerprint density at radius 1 is 1.03 bits per heavy atom. The van der Waals surface area contributed by atoms with Crippen LogP contribution in [0.1, 0.15) is 56.5 Å². The van der Waals surface area contributed by atoms with Crippen LogP contribution in [0.3, 0.4) is 0 Å². The van der Waals surface area contributed by atoms with Gasteiger partial charge in [0.25, 0.3) is 11.8 Å². The molecule has 1 atom stereocenters. The van der Waals surface area contributed by atoms with Crippen molar-refractivity contribution >= 4 is 45.8 Å². The number of para-hydroxylation sites is 1. The molecule has 2 aliphatic heterocycles. The minimum atomic E-state index is -0.328. The van der Waals surface area contributed by atoms with E-state index in [1.807, 2.05) is 31.2 Å². The lowest BCUT2D eigenvalue weighted by molar-refractivity contribution is -0.117. The van der Waals surface area contributed by atoms with Crippen molar-refractivity contribution in [1.82, 2.24) is 15.1 Å². The van der Waals surface area contributed by atoms with Gasteiger partial charge in [0.1, 0.15) is 5.01 Å². The lowest BCUT2D eigenvalue weighted by atomic mass is 10.1. The number of anilines is 2. The number of hydrogen-bond donors (Lipinski definition) is 1. The Balaban J connectivity index is 1.13. The highest BCUT2D eigenvalue weighted by molar-refractivity contribution is 7.15. The molecule has 3 aromatic rings. The third-order valence-electron chi connectivity index (χ3n) is 6.23. The molecule has 0 unspecified atom stereocenters. The number of nitrogens with one attached hydrogen (secondary N) is 1. The van der Waals surface area contributed by atoms with Gasteiger partial charge in [-0.05, 0) is 37.1 Å². The van der Waals surface area contributed by atoms with E-state index in [-0.39, 0.29) is 42.5 Å². The quantitative estimate of drug-likeness (QED) is 0.509. The van der Waals surface area contributed by atoms with E-state index in [9.17, 15) is 19.2 Å². The summed E-state index contributed by atoms with van der Waals surface area (Å²) in [5.41, 5.74) is 2.73. The summed E-state index contributed by atoms with van der Waals surface area (Å²) < 4.78 is 0. The van der Waals surface area contributed by atoms with Gasteiger partial charge < -0.3 is 10.2 Å². The Kier molecular flexibility index (Phi) is 6.12. The molecule has 178 valence electrons. The van der Waals surface area contributed by atoms with Crippen molar-refractivity contribution in [2.45, 2.75) is 32.1 Å². The standard InChI is InChI=1S/C25H23N5O4S/c1-15-7-2-5-10-19(15)30-14-16(13-21(30)32)22-27-28-25(35-22)26-20(31)11-6-12-29-23(33)17-8-3-4-9-18(17)24(29)34/h2-5,7-10,16H,6,11-14H2,1H3,(H,26,28,31)/t16-/m1/s1. The first-order valence-corrected chi connectivity index (χ1v) is 12.2. The number of aromatic nitrogens is 2. The molecule has 1 aromatic heterocycles. The Bertz CT molecular complexity index is 1300. The SMILES string of the molecule is Cc1ccccc1N1C[C@H](c2nnc(NC(=O)CCCN3C(=O)c4ccccc4C3=O)s2)CC1=O. The van der Waals surface area contributed by atoms with Crippen molar-refractivity contribution in [3.05, 3.63) is 70.2 Å². The normalized spacial score (nSPS) is 17.3. The Hall–Kier alpha value is -3.92. The number of carbonyl (C=O) groups excluding carboxylic acids is 4. The van der Waals surface area contributed by atoms with Crippen LogP contribution in [0.4, 0.5) is 10.8 Å². The van der Waals surface area contributed by atoms with Gasteiger partial charge >= 0.3 is 0 Å². The number of fused-ring (bicyclic) bond motifs is 1. The second kappa shape index (κ2) is 9.38. The summed E-state index contributed by atoms with van der Waals surface area (Å²) in [4.78, 5) is 52.8. The number of hydrogen-bond acceptors (Lipinski definition) is 7. The minimum absolute atomic E-state index is 0.0400. The van der Waals surface area contributed by atoms with Crippen molar-refractivity contribution in [3.8, 4) is 0 Å². The molecule has 2 aliphatic rings. The average molecular weight is 490 g/mol. The van der Waals surface area contributed by atoms with Gasteiger partial charge in [0, 0.05) is 37.5 Å². The molecule has 0 bridgehead atoms. The van der Waals surface area contributed by atoms with E-state index in [1.54, 1.807) is 29.2 Å². The van der Waals surface area contributed by atoms with E-state index in [1.165, 1.54) is 16.2 Å². The highest BCUT2D eigenvalue weighted by atomic mass is 32.1. The second-order valence-electron chi connectivity index (χ2n) is 8.60. The zero-order valence-corrected chi connectivity index (χ0v) is 19.9. The maximum absolute atomic E-state index is 12.6. The Labute approximate surface area is 205 Å². The fourth-order valence-corrected chi connectivity index (χ4v) is 5.29. The van der Waals surface area contributed by atoms with E-state index >= 15 is 0 Å². The predicted molar refractivity (Wildman–Crippen MR) is 130 cm³/mol. The van der Waals surface area contributed by atoms with Crippen LogP contribution < -0.4 is 10.2 Å². The highest BCUT2D eigenvalue weighted by Gasteiger charge is 2.35. The van der Waals surface area contributed by atoms with Gasteiger partial charge in [0.05, 0.1) is 11.1 Å². The van der Waals surface area contributed by atoms with Gasteiger partial charge in [0.15, 0.2) is 0 Å². The first-order valence-electron chi connectivity index (χ1n) is 11.4. The van der Waals surface area contributed by atoms with Crippen LogP contribution in [0.5, 0.6) is 0 Å². The zero-order valence-electron chi connectivity index (χ0n) is 19.1. The largest absolute Gasteiger partial charge is 0.311 e. The van der Waals surface area contributed by atoms with Gasteiger partial charge in [-0.15, -0.1) is 10.2 Å². The molecule has 9 nitrogen and oxygen atoms in total. The van der Waals surface area contributed by atoms with Crippen molar-refractivity contribution in [1.29, 1.82) is 0 Å². The van der Waals surface area contributed by atoms with Crippen LogP contribution in [0.2, 0.25) is 0 Å². The summed E-state index contributed by atoms with van der Waals surface area (Å²) >= 11 is 1.26. The van der Waals surface area contributed by atoms with Crippen molar-refractivity contribution in [2.24, 2.45) is 0 Å². The fourth-order valence-electron chi connectivity index (χ4n) is 4.44. The number of nitrogens with zero attached hydrogens (tertiary/aromatic N) is 4. The van der Waals surface area contributed by atoms with Gasteiger partial charge in [0.2, 0.25) is 16.9 Å². The highest BCUT2D eigenvalue weighted by Crippen LogP contribution is 2.35. The molecule has 3 heterocycles. The predicted octanol–water partition coefficient (Wildman–Crippen LogP) is 3.38. The molecule has 35 heavy (non-hydrogen) atoms. The molecule has 0 radical (unpaired) electrons. The smallest absolute Gasteiger partial charge is 0.261 e. The van der Waals surface area contributed by atoms with E-state index in [0.29, 0.717) is 40.7 Å². The van der Waals surface area contributed by atoms with Crippen LogP contribution in [0, 0.1) is 6.92 Å². The number of aryl methyl sites for hydroxylation is 1. The van der Waals surface area contributed by atoms with Gasteiger partial charge in [-0.1, -0.05) is 41.7 Å². The number of amides is 4. The van der Waals surface area contributed by atoms with E-state index in [2.05, 4.69) is 15.5 Å². The molecule has 10 heteroatoms. The molecule has 1 saturated heterocycles. The first kappa shape index (κ1) is 22.9. The van der Waals surface area contributed by atoms with Crippen LogP contribution in [-0.4, -0.2) is 51.8 Å². The maximum atomic E-state index is 12.6. The van der Waals surface area contributed by atoms with E-state index in [0.717, 1.165) is 11.3 Å². The van der Waals surface area contributed by atoms with Crippen LogP contribution in [0.15, 0.2) is 48.5 Å². The third kappa shape index (κ3) is 4.44. The molecular weight excluding hydrogens is 466 g/mol. The van der Waals surface area contributed by atoms with Crippen molar-refractivity contribution in [2.75, 3.05) is 23.3 Å². The lowest BCUT2D eigenvalue weighted by Crippen LogP contribution is -2.31. The lowest BCUT2D eigenvalue weighted by Gasteiger charge is -2.18. The number of imide groups is 1. The number of rotatable bonds is 7. The summed E-state index contributed by atoms with van der Waals surface area (Å²) in [6.07, 6.45) is 0.813. The van der Waals surface area contributed by atoms with Crippen LogP contribution in [-0.2, 0) is 9.59 Å². The third-order valence-corrected chi connectivity index (χ3v) is 7.23. The molecule has 1 N–H and O–H groups in total. The van der Waals surface area contributed by atoms with Gasteiger partial charge in [-0.25, -0.2) is 0 Å². The van der Waals surface area contributed by atoms with Gasteiger partial charge in [-0.2, -0.15) is 0 Å². The van der Waals surface area contributed by atoms with Crippen molar-refractivity contribution < 1.29 is 19.2 Å². The second-order valence-corrected chi connectivity index (χ2v) is 9.61. The maximum Gasteiger partial charge on any atom is 0.261 e. The van der Waals surface area contributed by atoms with Gasteiger partial charge in [-0.3, -0.25) is 24.1 Å². The molecule has 5 rings (SSSR count). The average Bonchev–Trinajstić information content (AvgIpc) is 3.53. The molecule has 4 amide bonds. The summed E-state index contributed by atoms with van der Waals surface area (Å²) in [6, 6.07) is 14.5. The summed E-state index contributed by atoms with van der Waals surface area (Å²) in [6.45, 7) is 2.66. The molecule has 1 fully saturated rings. The van der Waals surface area contributed by atoms with E-state index in [4.69, 9.17) is 0 Å². The molecule has 2 aromatic carbocycles. The summed E-state index contributed by atoms with van der Waals surface area (Å²) in [7, 11) is 0. The van der Waals surface area contributed by atoms with Crippen LogP contribution >= 0.6 is 11.3 Å². The summed E-state index contributed by atoms with van der Waals surface area (Å²) in [5.74, 6) is -0.970. The molecular formula is C25H23N5O4S. The minimum Gasteiger partial charge on any atom is -0.311 e. The molecule has 0 spiro atoms. The number of carbonyl (C=O) groups is 4. The first-order chi connectivity index (χ1) is 16.9. The molecule has 0 aliphatic carbocycles. The van der Waals surface area contributed by atoms with E-state index < -0.39 is 0 Å². The van der Waals surface area contributed by atoms with Crippen molar-refractivity contribution in [3.63, 3.8) is 0 Å². The summed E-state index contributed by atoms with van der Waals surface area (Å²) in [5, 5.41) is 12.1. The fraction of sp³-hybridized carbons (Fsp3) is 0.280. The molecule has 0 saturated carbocycles. The monoisotopic (exact) mass is 489 g/mol.